The highest BCUT2D eigenvalue weighted by molar-refractivity contribution is 5.86. The first-order chi connectivity index (χ1) is 10.3. The molecule has 21 heavy (non-hydrogen) atoms. The lowest BCUT2D eigenvalue weighted by molar-refractivity contribution is -0.135. The van der Waals surface area contributed by atoms with Gasteiger partial charge in [0.15, 0.2) is 0 Å². The minimum Gasteiger partial charge on any atom is -0.385 e. The van der Waals surface area contributed by atoms with E-state index < -0.39 is 0 Å². The summed E-state index contributed by atoms with van der Waals surface area (Å²) in [7, 11) is 0. The van der Waals surface area contributed by atoms with E-state index in [2.05, 4.69) is 29.3 Å². The van der Waals surface area contributed by atoms with Crippen LogP contribution in [0.1, 0.15) is 56.9 Å². The zero-order valence-corrected chi connectivity index (χ0v) is 13.0. The first-order valence-electron chi connectivity index (χ1n) is 8.44. The van der Waals surface area contributed by atoms with E-state index in [9.17, 15) is 4.79 Å². The fourth-order valence-corrected chi connectivity index (χ4v) is 3.91. The van der Waals surface area contributed by atoms with Crippen LogP contribution in [0.4, 0.5) is 5.69 Å². The molecular weight excluding hydrogens is 260 g/mol. The van der Waals surface area contributed by atoms with E-state index in [0.717, 1.165) is 25.2 Å². The number of likely N-dealkylation sites (N-methyl/N-ethyl adjacent to an activating group) is 1. The van der Waals surface area contributed by atoms with E-state index in [4.69, 9.17) is 0 Å². The molecule has 1 heterocycles. The summed E-state index contributed by atoms with van der Waals surface area (Å²) < 4.78 is 0. The van der Waals surface area contributed by atoms with Crippen LogP contribution < -0.4 is 5.32 Å². The van der Waals surface area contributed by atoms with Crippen LogP contribution >= 0.6 is 0 Å². The lowest BCUT2D eigenvalue weighted by atomic mass is 9.87. The first kappa shape index (κ1) is 14.4. The Morgan fingerprint density at radius 2 is 1.95 bits per heavy atom. The van der Waals surface area contributed by atoms with Crippen LogP contribution in [-0.2, 0) is 4.79 Å². The van der Waals surface area contributed by atoms with Crippen molar-refractivity contribution in [2.45, 2.75) is 57.4 Å². The summed E-state index contributed by atoms with van der Waals surface area (Å²) >= 11 is 0. The highest BCUT2D eigenvalue weighted by atomic mass is 16.2. The maximum absolute atomic E-state index is 13.1. The molecule has 1 aromatic rings. The van der Waals surface area contributed by atoms with Crippen LogP contribution in [0.2, 0.25) is 0 Å². The molecule has 0 aromatic heterocycles. The van der Waals surface area contributed by atoms with Gasteiger partial charge in [-0.2, -0.15) is 0 Å². The molecule has 1 aliphatic heterocycles. The summed E-state index contributed by atoms with van der Waals surface area (Å²) in [6.45, 7) is 3.87. The molecule has 1 unspecified atom stereocenters. The van der Waals surface area contributed by atoms with Crippen LogP contribution in [-0.4, -0.2) is 29.9 Å². The SMILES string of the molecule is CCN(C(=O)C1CCNc2ccccc21)C1CCCCC1. The number of para-hydroxylation sites is 1. The van der Waals surface area contributed by atoms with Gasteiger partial charge in [0, 0.05) is 24.8 Å². The van der Waals surface area contributed by atoms with E-state index in [1.165, 1.54) is 37.7 Å². The monoisotopic (exact) mass is 286 g/mol. The number of benzene rings is 1. The molecule has 1 aliphatic carbocycles. The van der Waals surface area contributed by atoms with Gasteiger partial charge in [-0.3, -0.25) is 4.79 Å². The molecule has 114 valence electrons. The maximum atomic E-state index is 13.1. The van der Waals surface area contributed by atoms with Crippen molar-refractivity contribution in [3.05, 3.63) is 29.8 Å². The van der Waals surface area contributed by atoms with Gasteiger partial charge >= 0.3 is 0 Å². The van der Waals surface area contributed by atoms with Crippen molar-refractivity contribution >= 4 is 11.6 Å². The number of rotatable bonds is 3. The van der Waals surface area contributed by atoms with Crippen LogP contribution in [0.15, 0.2) is 24.3 Å². The Kier molecular flexibility index (Phi) is 4.47. The second-order valence-electron chi connectivity index (χ2n) is 6.27. The minimum atomic E-state index is 0.0457. The number of nitrogens with zero attached hydrogens (tertiary/aromatic N) is 1. The van der Waals surface area contributed by atoms with Crippen molar-refractivity contribution in [2.75, 3.05) is 18.4 Å². The molecule has 1 saturated carbocycles. The summed E-state index contributed by atoms with van der Waals surface area (Å²) in [5.74, 6) is 0.391. The predicted molar refractivity (Wildman–Crippen MR) is 86.5 cm³/mol. The van der Waals surface area contributed by atoms with Crippen molar-refractivity contribution < 1.29 is 4.79 Å². The van der Waals surface area contributed by atoms with Gasteiger partial charge in [0.2, 0.25) is 5.91 Å². The van der Waals surface area contributed by atoms with Crippen LogP contribution in [0, 0.1) is 0 Å². The molecule has 0 spiro atoms. The highest BCUT2D eigenvalue weighted by Crippen LogP contribution is 2.34. The average molecular weight is 286 g/mol. The van der Waals surface area contributed by atoms with E-state index in [0.29, 0.717) is 11.9 Å². The minimum absolute atomic E-state index is 0.0457. The summed E-state index contributed by atoms with van der Waals surface area (Å²) in [6.07, 6.45) is 7.17. The Bertz CT molecular complexity index is 494. The van der Waals surface area contributed by atoms with Gasteiger partial charge in [-0.05, 0) is 37.8 Å². The molecule has 1 N–H and O–H groups in total. The topological polar surface area (TPSA) is 32.3 Å². The molecule has 1 fully saturated rings. The van der Waals surface area contributed by atoms with E-state index in [1.807, 2.05) is 12.1 Å². The van der Waals surface area contributed by atoms with E-state index in [1.54, 1.807) is 0 Å². The van der Waals surface area contributed by atoms with Crippen molar-refractivity contribution in [2.24, 2.45) is 0 Å². The molecule has 3 rings (SSSR count). The van der Waals surface area contributed by atoms with Crippen molar-refractivity contribution in [1.29, 1.82) is 0 Å². The molecule has 2 aliphatic rings. The smallest absolute Gasteiger partial charge is 0.230 e. The maximum Gasteiger partial charge on any atom is 0.230 e. The van der Waals surface area contributed by atoms with Gasteiger partial charge in [0.25, 0.3) is 0 Å². The highest BCUT2D eigenvalue weighted by Gasteiger charge is 2.32. The fraction of sp³-hybridized carbons (Fsp3) is 0.611. The van der Waals surface area contributed by atoms with Crippen molar-refractivity contribution in [3.8, 4) is 0 Å². The molecule has 1 amide bonds. The number of carbonyl (C=O) groups is 1. The van der Waals surface area contributed by atoms with Crippen LogP contribution in [0.3, 0.4) is 0 Å². The van der Waals surface area contributed by atoms with Gasteiger partial charge in [-0.1, -0.05) is 37.5 Å². The van der Waals surface area contributed by atoms with Crippen molar-refractivity contribution in [3.63, 3.8) is 0 Å². The standard InChI is InChI=1S/C18H26N2O/c1-2-20(14-8-4-3-5-9-14)18(21)16-12-13-19-17-11-7-6-10-15(16)17/h6-7,10-11,14,16,19H,2-5,8-9,12-13H2,1H3. The van der Waals surface area contributed by atoms with Gasteiger partial charge in [0.1, 0.15) is 0 Å². The molecule has 0 bridgehead atoms. The quantitative estimate of drug-likeness (QED) is 0.917. The Labute approximate surface area is 127 Å². The number of carbonyl (C=O) groups excluding carboxylic acids is 1. The van der Waals surface area contributed by atoms with Crippen LogP contribution in [0.5, 0.6) is 0 Å². The lowest BCUT2D eigenvalue weighted by Gasteiger charge is -2.37. The number of hydrogen-bond donors (Lipinski definition) is 1. The lowest BCUT2D eigenvalue weighted by Crippen LogP contribution is -2.44. The Hall–Kier alpha value is -1.51. The molecule has 0 saturated heterocycles. The van der Waals surface area contributed by atoms with Gasteiger partial charge in [-0.15, -0.1) is 0 Å². The number of hydrogen-bond acceptors (Lipinski definition) is 2. The summed E-state index contributed by atoms with van der Waals surface area (Å²) in [6, 6.07) is 8.75. The second-order valence-corrected chi connectivity index (χ2v) is 6.27. The Morgan fingerprint density at radius 1 is 1.19 bits per heavy atom. The molecular formula is C18H26N2O. The number of anilines is 1. The van der Waals surface area contributed by atoms with Crippen molar-refractivity contribution in [1.82, 2.24) is 4.90 Å². The summed E-state index contributed by atoms with van der Waals surface area (Å²) in [4.78, 5) is 15.2. The predicted octanol–water partition coefficient (Wildman–Crippen LogP) is 3.77. The first-order valence-corrected chi connectivity index (χ1v) is 8.44. The third kappa shape index (κ3) is 2.92. The summed E-state index contributed by atoms with van der Waals surface area (Å²) in [5.41, 5.74) is 2.32. The average Bonchev–Trinajstić information content (AvgIpc) is 2.56. The molecule has 3 nitrogen and oxygen atoms in total. The molecule has 3 heteroatoms. The fourth-order valence-electron chi connectivity index (χ4n) is 3.91. The molecule has 1 aromatic carbocycles. The Balaban J connectivity index is 1.80. The van der Waals surface area contributed by atoms with Gasteiger partial charge < -0.3 is 10.2 Å². The normalized spacial score (nSPS) is 22.2. The number of amides is 1. The van der Waals surface area contributed by atoms with Crippen LogP contribution in [0.25, 0.3) is 0 Å². The third-order valence-electron chi connectivity index (χ3n) is 5.02. The molecule has 1 atom stereocenters. The van der Waals surface area contributed by atoms with E-state index >= 15 is 0 Å². The number of fused-ring (bicyclic) bond motifs is 1. The zero-order chi connectivity index (χ0) is 14.7. The summed E-state index contributed by atoms with van der Waals surface area (Å²) in [5, 5.41) is 3.41. The largest absolute Gasteiger partial charge is 0.385 e. The number of nitrogens with one attached hydrogen (secondary N) is 1. The second kappa shape index (κ2) is 6.50. The molecule has 0 radical (unpaired) electrons. The van der Waals surface area contributed by atoms with Gasteiger partial charge in [0.05, 0.1) is 5.92 Å². The zero-order valence-electron chi connectivity index (χ0n) is 13.0. The van der Waals surface area contributed by atoms with Gasteiger partial charge in [-0.25, -0.2) is 0 Å². The third-order valence-corrected chi connectivity index (χ3v) is 5.02. The van der Waals surface area contributed by atoms with E-state index in [-0.39, 0.29) is 5.92 Å². The Morgan fingerprint density at radius 3 is 2.71 bits per heavy atom.